The molecule has 0 radical (unpaired) electrons. The quantitative estimate of drug-likeness (QED) is 0.679. The largest absolute Gasteiger partial charge is 0.301 e. The molecule has 1 rings (SSSR count). The van der Waals surface area contributed by atoms with Crippen molar-refractivity contribution < 1.29 is 0 Å². The maximum absolute atomic E-state index is 3.56. The molecule has 0 amide bonds. The van der Waals surface area contributed by atoms with Gasteiger partial charge in [0.05, 0.1) is 6.54 Å². The van der Waals surface area contributed by atoms with Crippen molar-refractivity contribution >= 4 is 0 Å². The van der Waals surface area contributed by atoms with Crippen LogP contribution in [-0.2, 0) is 0 Å². The Kier molecular flexibility index (Phi) is 4.48. The Morgan fingerprint density at radius 3 is 2.43 bits per heavy atom. The van der Waals surface area contributed by atoms with Crippen LogP contribution in [0.4, 0.5) is 0 Å². The van der Waals surface area contributed by atoms with Crippen LogP contribution in [0.3, 0.4) is 0 Å². The standard InChI is InChI=1S/C13H23N/c1-4-5-11-14-13(2,3)12-9-7-6-8-10-12/h12,14H,6-11H2,1-3H3. The third-order valence-electron chi connectivity index (χ3n) is 3.43. The van der Waals surface area contributed by atoms with Crippen molar-refractivity contribution in [3.63, 3.8) is 0 Å². The Morgan fingerprint density at radius 1 is 1.21 bits per heavy atom. The van der Waals surface area contributed by atoms with Crippen molar-refractivity contribution in [2.24, 2.45) is 5.92 Å². The summed E-state index contributed by atoms with van der Waals surface area (Å²) in [6.07, 6.45) is 7.03. The molecule has 0 atom stereocenters. The molecule has 0 saturated heterocycles. The highest BCUT2D eigenvalue weighted by molar-refractivity contribution is 5.00. The van der Waals surface area contributed by atoms with Crippen LogP contribution in [0, 0.1) is 17.8 Å². The topological polar surface area (TPSA) is 12.0 Å². The van der Waals surface area contributed by atoms with E-state index in [-0.39, 0.29) is 5.54 Å². The molecule has 1 aliphatic rings. The van der Waals surface area contributed by atoms with E-state index in [4.69, 9.17) is 0 Å². The van der Waals surface area contributed by atoms with Crippen LogP contribution < -0.4 is 5.32 Å². The lowest BCUT2D eigenvalue weighted by molar-refractivity contribution is 0.201. The monoisotopic (exact) mass is 193 g/mol. The molecule has 1 heteroatoms. The molecule has 1 fully saturated rings. The summed E-state index contributed by atoms with van der Waals surface area (Å²) < 4.78 is 0. The molecule has 0 bridgehead atoms. The average Bonchev–Trinajstić information content (AvgIpc) is 2.19. The van der Waals surface area contributed by atoms with Gasteiger partial charge in [0.25, 0.3) is 0 Å². The Labute approximate surface area is 88.7 Å². The van der Waals surface area contributed by atoms with Gasteiger partial charge in [-0.2, -0.15) is 0 Å². The molecule has 1 N–H and O–H groups in total. The van der Waals surface area contributed by atoms with Crippen molar-refractivity contribution in [1.82, 2.24) is 5.32 Å². The highest BCUT2D eigenvalue weighted by Gasteiger charge is 2.29. The van der Waals surface area contributed by atoms with Crippen LogP contribution in [0.15, 0.2) is 0 Å². The van der Waals surface area contributed by atoms with Gasteiger partial charge in [0.2, 0.25) is 0 Å². The summed E-state index contributed by atoms with van der Waals surface area (Å²) in [7, 11) is 0. The maximum atomic E-state index is 3.56. The lowest BCUT2D eigenvalue weighted by atomic mass is 9.77. The first-order chi connectivity index (χ1) is 6.67. The maximum Gasteiger partial charge on any atom is 0.0580 e. The molecule has 0 aromatic carbocycles. The lowest BCUT2D eigenvalue weighted by Crippen LogP contribution is -2.46. The van der Waals surface area contributed by atoms with Crippen molar-refractivity contribution in [3.8, 4) is 11.8 Å². The summed E-state index contributed by atoms with van der Waals surface area (Å²) in [5.74, 6) is 6.86. The minimum atomic E-state index is 0.268. The van der Waals surface area contributed by atoms with Gasteiger partial charge in [-0.25, -0.2) is 0 Å². The first-order valence-electron chi connectivity index (χ1n) is 5.81. The fourth-order valence-corrected chi connectivity index (χ4v) is 2.33. The highest BCUT2D eigenvalue weighted by atomic mass is 15.0. The van der Waals surface area contributed by atoms with E-state index >= 15 is 0 Å². The van der Waals surface area contributed by atoms with Crippen LogP contribution in [0.25, 0.3) is 0 Å². The zero-order valence-corrected chi connectivity index (χ0v) is 9.82. The van der Waals surface area contributed by atoms with Crippen LogP contribution in [0.5, 0.6) is 0 Å². The fourth-order valence-electron chi connectivity index (χ4n) is 2.33. The second-order valence-electron chi connectivity index (χ2n) is 4.84. The third-order valence-corrected chi connectivity index (χ3v) is 3.43. The van der Waals surface area contributed by atoms with Crippen LogP contribution in [0.2, 0.25) is 0 Å². The van der Waals surface area contributed by atoms with Crippen molar-refractivity contribution in [2.75, 3.05) is 6.54 Å². The van der Waals surface area contributed by atoms with E-state index < -0.39 is 0 Å². The Bertz CT molecular complexity index is 213. The SMILES string of the molecule is CC#CCNC(C)(C)C1CCCCC1. The van der Waals surface area contributed by atoms with E-state index in [0.717, 1.165) is 12.5 Å². The van der Waals surface area contributed by atoms with Crippen LogP contribution in [0.1, 0.15) is 52.9 Å². The first kappa shape index (κ1) is 11.6. The molecule has 80 valence electrons. The minimum absolute atomic E-state index is 0.268. The molecule has 0 aromatic rings. The summed E-state index contributed by atoms with van der Waals surface area (Å²) in [4.78, 5) is 0. The molecule has 0 aliphatic heterocycles. The zero-order valence-electron chi connectivity index (χ0n) is 9.82. The van der Waals surface area contributed by atoms with Gasteiger partial charge in [-0.1, -0.05) is 25.2 Å². The second kappa shape index (κ2) is 5.41. The number of nitrogens with one attached hydrogen (secondary N) is 1. The molecule has 0 aromatic heterocycles. The second-order valence-corrected chi connectivity index (χ2v) is 4.84. The van der Waals surface area contributed by atoms with Crippen molar-refractivity contribution in [1.29, 1.82) is 0 Å². The number of rotatable bonds is 3. The molecule has 0 unspecified atom stereocenters. The first-order valence-corrected chi connectivity index (χ1v) is 5.81. The minimum Gasteiger partial charge on any atom is -0.301 e. The van der Waals surface area contributed by atoms with Gasteiger partial charge in [0.15, 0.2) is 0 Å². The Morgan fingerprint density at radius 2 is 1.86 bits per heavy atom. The third kappa shape index (κ3) is 3.35. The summed E-state index contributed by atoms with van der Waals surface area (Å²) in [5.41, 5.74) is 0.268. The van der Waals surface area contributed by atoms with Gasteiger partial charge in [0.1, 0.15) is 0 Å². The van der Waals surface area contributed by atoms with E-state index in [1.54, 1.807) is 0 Å². The van der Waals surface area contributed by atoms with Gasteiger partial charge in [0, 0.05) is 5.54 Å². The molecule has 1 aliphatic carbocycles. The Balaban J connectivity index is 2.39. The zero-order chi connectivity index (χ0) is 10.4. The normalized spacial score (nSPS) is 18.8. The number of hydrogen-bond donors (Lipinski definition) is 1. The molecule has 14 heavy (non-hydrogen) atoms. The van der Waals surface area contributed by atoms with Crippen LogP contribution >= 0.6 is 0 Å². The average molecular weight is 193 g/mol. The summed E-state index contributed by atoms with van der Waals surface area (Å²) >= 11 is 0. The molecule has 0 spiro atoms. The predicted molar refractivity (Wildman–Crippen MR) is 62.1 cm³/mol. The van der Waals surface area contributed by atoms with E-state index in [1.165, 1.54) is 32.1 Å². The molecule has 0 heterocycles. The molecular weight excluding hydrogens is 170 g/mol. The molecule has 1 saturated carbocycles. The summed E-state index contributed by atoms with van der Waals surface area (Å²) in [6, 6.07) is 0. The highest BCUT2D eigenvalue weighted by Crippen LogP contribution is 2.32. The fraction of sp³-hybridized carbons (Fsp3) is 0.846. The van der Waals surface area contributed by atoms with Gasteiger partial charge < -0.3 is 5.32 Å². The van der Waals surface area contributed by atoms with E-state index in [9.17, 15) is 0 Å². The Hall–Kier alpha value is -0.480. The molecule has 1 nitrogen and oxygen atoms in total. The summed E-state index contributed by atoms with van der Waals surface area (Å²) in [5, 5.41) is 3.56. The van der Waals surface area contributed by atoms with E-state index in [1.807, 2.05) is 6.92 Å². The van der Waals surface area contributed by atoms with Gasteiger partial charge >= 0.3 is 0 Å². The van der Waals surface area contributed by atoms with Crippen LogP contribution in [-0.4, -0.2) is 12.1 Å². The van der Waals surface area contributed by atoms with E-state index in [0.29, 0.717) is 0 Å². The predicted octanol–water partition coefficient (Wildman–Crippen LogP) is 2.96. The van der Waals surface area contributed by atoms with Crippen molar-refractivity contribution in [2.45, 2.75) is 58.4 Å². The van der Waals surface area contributed by atoms with Gasteiger partial charge in [-0.05, 0) is 39.5 Å². The summed E-state index contributed by atoms with van der Waals surface area (Å²) in [6.45, 7) is 7.37. The lowest BCUT2D eigenvalue weighted by Gasteiger charge is -2.37. The van der Waals surface area contributed by atoms with Gasteiger partial charge in [-0.3, -0.25) is 0 Å². The van der Waals surface area contributed by atoms with Crippen molar-refractivity contribution in [3.05, 3.63) is 0 Å². The van der Waals surface area contributed by atoms with E-state index in [2.05, 4.69) is 31.0 Å². The van der Waals surface area contributed by atoms with Gasteiger partial charge in [-0.15, -0.1) is 5.92 Å². The number of hydrogen-bond acceptors (Lipinski definition) is 1. The smallest absolute Gasteiger partial charge is 0.0580 e. The molecular formula is C13H23N.